The van der Waals surface area contributed by atoms with E-state index in [0.717, 1.165) is 44.6 Å². The summed E-state index contributed by atoms with van der Waals surface area (Å²) < 4.78 is 47.8. The number of hydrogen-bond acceptors (Lipinski definition) is 4. The molecule has 1 aliphatic heterocycles. The molecule has 2 fully saturated rings. The highest BCUT2D eigenvalue weighted by atomic mass is 35.5. The van der Waals surface area contributed by atoms with Crippen LogP contribution in [0.3, 0.4) is 0 Å². The summed E-state index contributed by atoms with van der Waals surface area (Å²) in [4.78, 5) is 2.39. The second-order valence-electron chi connectivity index (χ2n) is 7.08. The number of halogens is 5. The number of rotatable bonds is 5. The number of nitrogens with zero attached hydrogens (tertiary/aromatic N) is 1. The molecule has 1 N–H and O–H groups in total. The maximum Gasteiger partial charge on any atom is 0.573 e. The topological polar surface area (TPSA) is 33.7 Å². The standard InChI is InChI=1S/C19H27F3N2O2.2ClH/c1-25-17-8-7-15(26-19(20,21)22)13-16(17)18(14-5-3-2-4-6-14)24-11-9-23-10-12-24;;/h7-8,13-14,18,23H,2-6,9-12H2,1H3;2*1H/t18-;;/m0../s1. The molecule has 1 aromatic rings. The number of piperazine rings is 1. The summed E-state index contributed by atoms with van der Waals surface area (Å²) in [6.45, 7) is 3.55. The van der Waals surface area contributed by atoms with Gasteiger partial charge >= 0.3 is 6.36 Å². The van der Waals surface area contributed by atoms with E-state index < -0.39 is 6.36 Å². The van der Waals surface area contributed by atoms with Crippen LogP contribution in [0.15, 0.2) is 18.2 Å². The van der Waals surface area contributed by atoms with Gasteiger partial charge in [0.05, 0.1) is 7.11 Å². The molecule has 3 rings (SSSR count). The third-order valence-corrected chi connectivity index (χ3v) is 5.39. The van der Waals surface area contributed by atoms with Crippen LogP contribution in [0.25, 0.3) is 0 Å². The Morgan fingerprint density at radius 1 is 1.07 bits per heavy atom. The normalized spacial score (nSPS) is 19.9. The summed E-state index contributed by atoms with van der Waals surface area (Å²) in [6, 6.07) is 4.50. The summed E-state index contributed by atoms with van der Waals surface area (Å²) in [5, 5.41) is 3.35. The van der Waals surface area contributed by atoms with E-state index in [1.807, 2.05) is 0 Å². The van der Waals surface area contributed by atoms with Crippen molar-refractivity contribution in [1.82, 2.24) is 10.2 Å². The molecule has 1 aromatic carbocycles. The van der Waals surface area contributed by atoms with Crippen LogP contribution in [-0.4, -0.2) is 44.6 Å². The van der Waals surface area contributed by atoms with Crippen molar-refractivity contribution in [1.29, 1.82) is 0 Å². The number of ether oxygens (including phenoxy) is 2. The molecule has 1 saturated carbocycles. The Balaban J connectivity index is 0.00000196. The van der Waals surface area contributed by atoms with Crippen LogP contribution >= 0.6 is 24.8 Å². The molecule has 1 aliphatic carbocycles. The van der Waals surface area contributed by atoms with Gasteiger partial charge in [0, 0.05) is 37.8 Å². The molecular weight excluding hydrogens is 416 g/mol. The van der Waals surface area contributed by atoms with Gasteiger partial charge in [-0.2, -0.15) is 0 Å². The first kappa shape index (κ1) is 25.1. The van der Waals surface area contributed by atoms with Crippen molar-refractivity contribution in [3.63, 3.8) is 0 Å². The third-order valence-electron chi connectivity index (χ3n) is 5.39. The number of hydrogen-bond donors (Lipinski definition) is 1. The Kier molecular flexibility index (Phi) is 10.2. The molecule has 4 nitrogen and oxygen atoms in total. The van der Waals surface area contributed by atoms with Gasteiger partial charge < -0.3 is 14.8 Å². The van der Waals surface area contributed by atoms with E-state index in [4.69, 9.17) is 4.74 Å². The van der Waals surface area contributed by atoms with Gasteiger partial charge in [-0.1, -0.05) is 19.3 Å². The fourth-order valence-corrected chi connectivity index (χ4v) is 4.30. The summed E-state index contributed by atoms with van der Waals surface area (Å²) >= 11 is 0. The lowest BCUT2D eigenvalue weighted by Gasteiger charge is -2.41. The third kappa shape index (κ3) is 6.58. The predicted molar refractivity (Wildman–Crippen MR) is 108 cm³/mol. The molecule has 0 bridgehead atoms. The van der Waals surface area contributed by atoms with Crippen molar-refractivity contribution in [3.8, 4) is 11.5 Å². The van der Waals surface area contributed by atoms with E-state index in [0.29, 0.717) is 11.7 Å². The van der Waals surface area contributed by atoms with Crippen LogP contribution in [-0.2, 0) is 0 Å². The SMILES string of the molecule is COc1ccc(OC(F)(F)F)cc1[C@H](C1CCCCC1)N1CCNCC1.Cl.Cl. The van der Waals surface area contributed by atoms with E-state index in [1.165, 1.54) is 31.4 Å². The van der Waals surface area contributed by atoms with Gasteiger partial charge in [-0.25, -0.2) is 0 Å². The minimum Gasteiger partial charge on any atom is -0.496 e. The highest BCUT2D eigenvalue weighted by Crippen LogP contribution is 2.43. The quantitative estimate of drug-likeness (QED) is 0.695. The number of methoxy groups -OCH3 is 1. The lowest BCUT2D eigenvalue weighted by atomic mass is 9.79. The largest absolute Gasteiger partial charge is 0.573 e. The molecular formula is C19H29Cl2F3N2O2. The van der Waals surface area contributed by atoms with Crippen molar-refractivity contribution < 1.29 is 22.6 Å². The zero-order chi connectivity index (χ0) is 18.6. The van der Waals surface area contributed by atoms with Crippen LogP contribution in [0, 0.1) is 5.92 Å². The molecule has 0 spiro atoms. The summed E-state index contributed by atoms with van der Waals surface area (Å²) in [5.41, 5.74) is 0.808. The Morgan fingerprint density at radius 2 is 1.71 bits per heavy atom. The monoisotopic (exact) mass is 444 g/mol. The van der Waals surface area contributed by atoms with Gasteiger partial charge in [0.1, 0.15) is 11.5 Å². The van der Waals surface area contributed by atoms with E-state index in [-0.39, 0.29) is 36.6 Å². The summed E-state index contributed by atoms with van der Waals surface area (Å²) in [7, 11) is 1.57. The minimum absolute atomic E-state index is 0. The van der Waals surface area contributed by atoms with Crippen molar-refractivity contribution in [2.45, 2.75) is 44.5 Å². The molecule has 162 valence electrons. The molecule has 1 heterocycles. The minimum atomic E-state index is -4.69. The van der Waals surface area contributed by atoms with Crippen molar-refractivity contribution in [3.05, 3.63) is 23.8 Å². The number of benzene rings is 1. The Hall–Kier alpha value is -0.890. The van der Waals surface area contributed by atoms with E-state index >= 15 is 0 Å². The smallest absolute Gasteiger partial charge is 0.496 e. The van der Waals surface area contributed by atoms with Crippen LogP contribution in [0.4, 0.5) is 13.2 Å². The van der Waals surface area contributed by atoms with Crippen LogP contribution in [0.5, 0.6) is 11.5 Å². The maximum absolute atomic E-state index is 12.7. The zero-order valence-electron chi connectivity index (χ0n) is 16.0. The fraction of sp³-hybridized carbons (Fsp3) is 0.684. The summed E-state index contributed by atoms with van der Waals surface area (Å²) in [6.07, 6.45) is 1.09. The molecule has 0 aromatic heterocycles. The molecule has 28 heavy (non-hydrogen) atoms. The van der Waals surface area contributed by atoms with E-state index in [2.05, 4.69) is 15.0 Å². The fourth-order valence-electron chi connectivity index (χ4n) is 4.30. The lowest BCUT2D eigenvalue weighted by Crippen LogP contribution is -2.47. The average Bonchev–Trinajstić information content (AvgIpc) is 2.63. The Bertz CT molecular complexity index is 575. The van der Waals surface area contributed by atoms with Crippen molar-refractivity contribution >= 4 is 24.8 Å². The van der Waals surface area contributed by atoms with Crippen LogP contribution in [0.2, 0.25) is 0 Å². The highest BCUT2D eigenvalue weighted by Gasteiger charge is 2.35. The lowest BCUT2D eigenvalue weighted by molar-refractivity contribution is -0.274. The van der Waals surface area contributed by atoms with E-state index in [1.54, 1.807) is 13.2 Å². The molecule has 1 saturated heterocycles. The van der Waals surface area contributed by atoms with Gasteiger partial charge in [-0.3, -0.25) is 4.90 Å². The molecule has 0 amide bonds. The van der Waals surface area contributed by atoms with E-state index in [9.17, 15) is 13.2 Å². The second-order valence-corrected chi connectivity index (χ2v) is 7.08. The Labute approximate surface area is 177 Å². The molecule has 2 aliphatic rings. The maximum atomic E-state index is 12.7. The first-order valence-electron chi connectivity index (χ1n) is 9.36. The van der Waals surface area contributed by atoms with Crippen LogP contribution in [0.1, 0.15) is 43.7 Å². The van der Waals surface area contributed by atoms with Gasteiger partial charge in [0.25, 0.3) is 0 Å². The second kappa shape index (κ2) is 11.3. The van der Waals surface area contributed by atoms with Gasteiger partial charge in [-0.05, 0) is 37.0 Å². The Morgan fingerprint density at radius 3 is 2.29 bits per heavy atom. The predicted octanol–water partition coefficient (Wildman–Crippen LogP) is 4.96. The molecule has 0 unspecified atom stereocenters. The zero-order valence-corrected chi connectivity index (χ0v) is 17.6. The van der Waals surface area contributed by atoms with Gasteiger partial charge in [0.15, 0.2) is 0 Å². The van der Waals surface area contributed by atoms with Gasteiger partial charge in [-0.15, -0.1) is 38.0 Å². The van der Waals surface area contributed by atoms with Crippen LogP contribution < -0.4 is 14.8 Å². The number of alkyl halides is 3. The van der Waals surface area contributed by atoms with Crippen molar-refractivity contribution in [2.24, 2.45) is 5.92 Å². The number of nitrogens with one attached hydrogen (secondary N) is 1. The van der Waals surface area contributed by atoms with Gasteiger partial charge in [0.2, 0.25) is 0 Å². The van der Waals surface area contributed by atoms with Crippen molar-refractivity contribution in [2.75, 3.05) is 33.3 Å². The summed E-state index contributed by atoms with van der Waals surface area (Å²) in [5.74, 6) is 0.884. The first-order chi connectivity index (χ1) is 12.5. The highest BCUT2D eigenvalue weighted by molar-refractivity contribution is 5.85. The first-order valence-corrected chi connectivity index (χ1v) is 9.36. The molecule has 0 radical (unpaired) electrons. The molecule has 1 atom stereocenters. The average molecular weight is 445 g/mol. The molecule has 9 heteroatoms.